The predicted molar refractivity (Wildman–Crippen MR) is 84.8 cm³/mol. The molecule has 0 unspecified atom stereocenters. The first-order valence-corrected chi connectivity index (χ1v) is 7.35. The zero-order chi connectivity index (χ0) is 17.1. The molecule has 0 saturated heterocycles. The Morgan fingerprint density at radius 3 is 2.14 bits per heavy atom. The van der Waals surface area contributed by atoms with E-state index in [0.29, 0.717) is 24.3 Å². The predicted octanol–water partition coefficient (Wildman–Crippen LogP) is 1.60. The molecular weight excluding hydrogens is 284 g/mol. The number of carbonyl (C=O) groups excluding carboxylic acids is 3. The Labute approximate surface area is 131 Å². The number of nitrogens with one attached hydrogen (secondary N) is 1. The van der Waals surface area contributed by atoms with Crippen molar-refractivity contribution in [1.29, 1.82) is 0 Å². The third-order valence-corrected chi connectivity index (χ3v) is 3.21. The molecule has 0 heterocycles. The lowest BCUT2D eigenvalue weighted by molar-refractivity contribution is -0.139. The molecule has 6 heteroatoms. The van der Waals surface area contributed by atoms with E-state index >= 15 is 0 Å². The Hall–Kier alpha value is -2.11. The number of hydrogen-bond donors (Lipinski definition) is 2. The molecule has 2 amide bonds. The summed E-state index contributed by atoms with van der Waals surface area (Å²) in [6, 6.07) is 0. The molecule has 0 atom stereocenters. The molecule has 3 N–H and O–H groups in total. The van der Waals surface area contributed by atoms with Gasteiger partial charge in [-0.05, 0) is 40.0 Å². The van der Waals surface area contributed by atoms with Gasteiger partial charge >= 0.3 is 5.97 Å². The van der Waals surface area contributed by atoms with Crippen LogP contribution < -0.4 is 11.1 Å². The highest BCUT2D eigenvalue weighted by Gasteiger charge is 2.10. The minimum Gasteiger partial charge on any atom is -0.462 e. The fourth-order valence-corrected chi connectivity index (χ4v) is 1.56. The number of hydrogen-bond acceptors (Lipinski definition) is 4. The molecule has 0 aliphatic rings. The van der Waals surface area contributed by atoms with Gasteiger partial charge in [0.1, 0.15) is 0 Å². The van der Waals surface area contributed by atoms with Gasteiger partial charge in [0.25, 0.3) is 0 Å². The van der Waals surface area contributed by atoms with E-state index in [-0.39, 0.29) is 17.4 Å². The van der Waals surface area contributed by atoms with Crippen molar-refractivity contribution in [2.45, 2.75) is 46.5 Å². The number of esters is 1. The van der Waals surface area contributed by atoms with E-state index in [9.17, 15) is 14.4 Å². The normalized spacial score (nSPS) is 11.4. The van der Waals surface area contributed by atoms with Crippen molar-refractivity contribution in [3.05, 3.63) is 23.3 Å². The van der Waals surface area contributed by atoms with Crippen LogP contribution in [0.2, 0.25) is 0 Å². The molecule has 0 bridgehead atoms. The molecule has 6 nitrogen and oxygen atoms in total. The number of primary amides is 1. The fourth-order valence-electron chi connectivity index (χ4n) is 1.56. The summed E-state index contributed by atoms with van der Waals surface area (Å²) >= 11 is 0. The van der Waals surface area contributed by atoms with E-state index in [1.165, 1.54) is 6.92 Å². The average Bonchev–Trinajstić information content (AvgIpc) is 2.47. The molecule has 0 aliphatic carbocycles. The lowest BCUT2D eigenvalue weighted by Gasteiger charge is -2.07. The van der Waals surface area contributed by atoms with Gasteiger partial charge in [-0.1, -0.05) is 13.0 Å². The lowest BCUT2D eigenvalue weighted by Crippen LogP contribution is -2.27. The number of amides is 2. The maximum absolute atomic E-state index is 11.7. The van der Waals surface area contributed by atoms with Gasteiger partial charge in [-0.25, -0.2) is 4.79 Å². The Bertz CT molecular complexity index is 467. The second-order valence-corrected chi connectivity index (χ2v) is 5.20. The molecule has 0 saturated carbocycles. The van der Waals surface area contributed by atoms with Crippen molar-refractivity contribution in [3.8, 4) is 0 Å². The molecule has 0 aromatic heterocycles. The molecule has 0 fully saturated rings. The SMILES string of the molecule is C=C(C)C(=O)OCCCCCCNC(=O)/C(C)=C(/C)C(N)=O. The van der Waals surface area contributed by atoms with E-state index in [1.807, 2.05) is 0 Å². The summed E-state index contributed by atoms with van der Waals surface area (Å²) in [7, 11) is 0. The zero-order valence-electron chi connectivity index (χ0n) is 13.7. The number of rotatable bonds is 10. The third-order valence-electron chi connectivity index (χ3n) is 3.21. The number of ether oxygens (including phenoxy) is 1. The highest BCUT2D eigenvalue weighted by Crippen LogP contribution is 2.04. The number of carbonyl (C=O) groups is 3. The largest absolute Gasteiger partial charge is 0.462 e. The van der Waals surface area contributed by atoms with Crippen LogP contribution in [0.1, 0.15) is 46.5 Å². The first-order valence-electron chi connectivity index (χ1n) is 7.35. The summed E-state index contributed by atoms with van der Waals surface area (Å²) in [4.78, 5) is 33.8. The Morgan fingerprint density at radius 1 is 1.00 bits per heavy atom. The molecule has 0 rings (SSSR count). The summed E-state index contributed by atoms with van der Waals surface area (Å²) in [6.07, 6.45) is 3.44. The van der Waals surface area contributed by atoms with Gasteiger partial charge in [-0.2, -0.15) is 0 Å². The second-order valence-electron chi connectivity index (χ2n) is 5.20. The van der Waals surface area contributed by atoms with E-state index in [4.69, 9.17) is 10.5 Å². The quantitative estimate of drug-likeness (QED) is 0.364. The zero-order valence-corrected chi connectivity index (χ0v) is 13.7. The lowest BCUT2D eigenvalue weighted by atomic mass is 10.1. The van der Waals surface area contributed by atoms with Crippen LogP contribution in [0.15, 0.2) is 23.3 Å². The van der Waals surface area contributed by atoms with Crippen LogP contribution in [0.4, 0.5) is 0 Å². The summed E-state index contributed by atoms with van der Waals surface area (Å²) in [6.45, 7) is 9.14. The van der Waals surface area contributed by atoms with E-state index in [1.54, 1.807) is 13.8 Å². The molecule has 22 heavy (non-hydrogen) atoms. The minimum atomic E-state index is -0.586. The van der Waals surface area contributed by atoms with E-state index < -0.39 is 5.91 Å². The highest BCUT2D eigenvalue weighted by atomic mass is 16.5. The summed E-state index contributed by atoms with van der Waals surface area (Å²) in [5.74, 6) is -1.22. The van der Waals surface area contributed by atoms with Gasteiger partial charge in [-0.15, -0.1) is 0 Å². The van der Waals surface area contributed by atoms with Gasteiger partial charge in [0.15, 0.2) is 0 Å². The van der Waals surface area contributed by atoms with Crippen LogP contribution in [-0.4, -0.2) is 30.9 Å². The number of unbranched alkanes of at least 4 members (excludes halogenated alkanes) is 3. The molecule has 0 aliphatic heterocycles. The van der Waals surface area contributed by atoms with E-state index in [0.717, 1.165) is 25.7 Å². The molecule has 0 spiro atoms. The Morgan fingerprint density at radius 2 is 1.59 bits per heavy atom. The topological polar surface area (TPSA) is 98.5 Å². The molecule has 124 valence electrons. The second kappa shape index (κ2) is 10.6. The van der Waals surface area contributed by atoms with Crippen LogP contribution >= 0.6 is 0 Å². The fraction of sp³-hybridized carbons (Fsp3) is 0.562. The maximum atomic E-state index is 11.7. The van der Waals surface area contributed by atoms with Crippen molar-refractivity contribution in [3.63, 3.8) is 0 Å². The number of nitrogens with two attached hydrogens (primary N) is 1. The molecular formula is C16H26N2O4. The van der Waals surface area contributed by atoms with E-state index in [2.05, 4.69) is 11.9 Å². The average molecular weight is 310 g/mol. The summed E-state index contributed by atoms with van der Waals surface area (Å²) < 4.78 is 4.97. The van der Waals surface area contributed by atoms with Gasteiger partial charge in [-0.3, -0.25) is 9.59 Å². The van der Waals surface area contributed by atoms with Crippen LogP contribution in [-0.2, 0) is 19.1 Å². The van der Waals surface area contributed by atoms with Crippen LogP contribution in [0.25, 0.3) is 0 Å². The van der Waals surface area contributed by atoms with Crippen molar-refractivity contribution >= 4 is 17.8 Å². The smallest absolute Gasteiger partial charge is 0.333 e. The van der Waals surface area contributed by atoms with Crippen molar-refractivity contribution in [2.24, 2.45) is 5.73 Å². The highest BCUT2D eigenvalue weighted by molar-refractivity contribution is 6.03. The first-order chi connectivity index (χ1) is 10.3. The first kappa shape index (κ1) is 19.9. The molecule has 0 aromatic carbocycles. The standard InChI is InChI=1S/C16H26N2O4/c1-11(2)16(21)22-10-8-6-5-7-9-18-15(20)13(4)12(3)14(17)19/h1,5-10H2,2-4H3,(H2,17,19)(H,18,20)/b13-12-. The molecule has 0 aromatic rings. The van der Waals surface area contributed by atoms with Gasteiger partial charge in [0.05, 0.1) is 6.61 Å². The van der Waals surface area contributed by atoms with Crippen LogP contribution in [0.3, 0.4) is 0 Å². The minimum absolute atomic E-state index is 0.272. The monoisotopic (exact) mass is 310 g/mol. The van der Waals surface area contributed by atoms with Crippen LogP contribution in [0, 0.1) is 0 Å². The third kappa shape index (κ3) is 8.24. The van der Waals surface area contributed by atoms with Crippen molar-refractivity contribution in [2.75, 3.05) is 13.2 Å². The van der Waals surface area contributed by atoms with Gasteiger partial charge < -0.3 is 15.8 Å². The van der Waals surface area contributed by atoms with Crippen molar-refractivity contribution in [1.82, 2.24) is 5.32 Å². The Balaban J connectivity index is 3.72. The Kier molecular flexibility index (Phi) is 9.58. The maximum Gasteiger partial charge on any atom is 0.333 e. The van der Waals surface area contributed by atoms with Crippen molar-refractivity contribution < 1.29 is 19.1 Å². The summed E-state index contributed by atoms with van der Waals surface area (Å²) in [5.41, 5.74) is 6.14. The van der Waals surface area contributed by atoms with Crippen LogP contribution in [0.5, 0.6) is 0 Å². The van der Waals surface area contributed by atoms with Gasteiger partial charge in [0.2, 0.25) is 11.8 Å². The van der Waals surface area contributed by atoms with Gasteiger partial charge in [0, 0.05) is 23.3 Å². The summed E-state index contributed by atoms with van der Waals surface area (Å²) in [5, 5.41) is 2.74. The molecule has 0 radical (unpaired) electrons.